The van der Waals surface area contributed by atoms with Gasteiger partial charge in [-0.15, -0.1) is 0 Å². The highest BCUT2D eigenvalue weighted by Crippen LogP contribution is 2.38. The lowest BCUT2D eigenvalue weighted by Crippen LogP contribution is -2.13. The molecular weight excluding hydrogens is 716 g/mol. The molecule has 0 aliphatic carbocycles. The van der Waals surface area contributed by atoms with Crippen molar-refractivity contribution in [3.63, 3.8) is 0 Å². The summed E-state index contributed by atoms with van der Waals surface area (Å²) < 4.78 is 24.7. The van der Waals surface area contributed by atoms with Gasteiger partial charge in [-0.3, -0.25) is 0 Å². The van der Waals surface area contributed by atoms with Crippen LogP contribution in [0.25, 0.3) is 0 Å². The van der Waals surface area contributed by atoms with E-state index in [1.807, 2.05) is 24.3 Å². The van der Waals surface area contributed by atoms with E-state index >= 15 is 0 Å². The summed E-state index contributed by atoms with van der Waals surface area (Å²) in [5.74, 6) is 0.362. The average molecular weight is 740 g/mol. The van der Waals surface area contributed by atoms with Crippen LogP contribution in [-0.2, 0) is 25.5 Å². The number of hydrogen-bond donors (Lipinski definition) is 0. The van der Waals surface area contributed by atoms with Crippen LogP contribution in [0.4, 0.5) is 0 Å². The summed E-state index contributed by atoms with van der Waals surface area (Å²) in [4.78, 5) is 22.9. The van der Waals surface area contributed by atoms with E-state index in [9.17, 15) is 9.59 Å². The molecule has 2 rings (SSSR count). The lowest BCUT2D eigenvalue weighted by Gasteiger charge is -2.14. The average Bonchev–Trinajstić information content (AvgIpc) is 2.76. The molecule has 0 heterocycles. The molecule has 35 heavy (non-hydrogen) atoms. The number of carbonyl (C=O) groups excluding carboxylic acids is 2. The molecule has 0 spiro atoms. The van der Waals surface area contributed by atoms with Crippen molar-refractivity contribution in [1.29, 1.82) is 0 Å². The van der Waals surface area contributed by atoms with Gasteiger partial charge in [-0.2, -0.15) is 0 Å². The fourth-order valence-electron chi connectivity index (χ4n) is 2.74. The molecule has 0 saturated carbocycles. The molecule has 0 bridgehead atoms. The third-order valence-corrected chi connectivity index (χ3v) is 6.70. The highest BCUT2D eigenvalue weighted by Gasteiger charge is 2.14. The van der Waals surface area contributed by atoms with Crippen LogP contribution in [0.1, 0.15) is 25.0 Å². The van der Waals surface area contributed by atoms with E-state index < -0.39 is 11.9 Å². The molecule has 0 radical (unpaired) electrons. The Morgan fingerprint density at radius 3 is 1.26 bits per heavy atom. The lowest BCUT2D eigenvalue weighted by molar-refractivity contribution is -0.140. The maximum absolute atomic E-state index is 11.5. The Hall–Kier alpha value is -1.62. The Bertz CT molecular complexity index is 995. The second-order valence-corrected chi connectivity index (χ2v) is 10.9. The third-order valence-electron chi connectivity index (χ3n) is 4.35. The number of carbonyl (C=O) groups is 2. The second-order valence-electron chi connectivity index (χ2n) is 7.48. The zero-order valence-corrected chi connectivity index (χ0v) is 25.6. The monoisotopic (exact) mass is 736 g/mol. The number of esters is 2. The molecular formula is C25H24Br4O6. The summed E-state index contributed by atoms with van der Waals surface area (Å²) in [6.07, 6.45) is 0.654. The zero-order chi connectivity index (χ0) is 26.1. The standard InChI is InChI=1S/C25H24Br4O6/c1-14(2)24(30)34-7-5-32-22-18(26)10-16(11-19(22)27)9-17-12-20(28)23(21(29)13-17)33-6-8-35-25(31)15(3)4/h10-13H,1,3,5-9H2,2,4H3. The van der Waals surface area contributed by atoms with Gasteiger partial charge in [0.25, 0.3) is 0 Å². The summed E-state index contributed by atoms with van der Waals surface area (Å²) in [5, 5.41) is 0. The molecule has 6 nitrogen and oxygen atoms in total. The maximum atomic E-state index is 11.5. The van der Waals surface area contributed by atoms with E-state index in [0.29, 0.717) is 29.1 Å². The molecule has 0 atom stereocenters. The SMILES string of the molecule is C=C(C)C(=O)OCCOc1c(Br)cc(Cc2cc(Br)c(OCCOC(=O)C(=C)C)c(Br)c2)cc1Br. The topological polar surface area (TPSA) is 71.1 Å². The molecule has 0 aliphatic heterocycles. The van der Waals surface area contributed by atoms with Gasteiger partial charge in [-0.05, 0) is 119 Å². The Balaban J connectivity index is 1.99. The van der Waals surface area contributed by atoms with Gasteiger partial charge < -0.3 is 18.9 Å². The van der Waals surface area contributed by atoms with Crippen LogP contribution in [0.3, 0.4) is 0 Å². The van der Waals surface area contributed by atoms with Crippen molar-refractivity contribution in [3.8, 4) is 11.5 Å². The predicted molar refractivity (Wildman–Crippen MR) is 149 cm³/mol. The van der Waals surface area contributed by atoms with Gasteiger partial charge in [0, 0.05) is 11.1 Å². The van der Waals surface area contributed by atoms with E-state index in [0.717, 1.165) is 29.0 Å². The smallest absolute Gasteiger partial charge is 0.333 e. The van der Waals surface area contributed by atoms with Crippen LogP contribution in [0, 0.1) is 0 Å². The first kappa shape index (κ1) is 29.6. The summed E-state index contributed by atoms with van der Waals surface area (Å²) >= 11 is 14.2. The second kappa shape index (κ2) is 14.2. The van der Waals surface area contributed by atoms with Gasteiger partial charge >= 0.3 is 11.9 Å². The van der Waals surface area contributed by atoms with Crippen molar-refractivity contribution >= 4 is 75.7 Å². The minimum atomic E-state index is -0.443. The van der Waals surface area contributed by atoms with Gasteiger partial charge in [0.15, 0.2) is 0 Å². The number of hydrogen-bond acceptors (Lipinski definition) is 6. The van der Waals surface area contributed by atoms with Crippen LogP contribution in [0.15, 0.2) is 66.5 Å². The Morgan fingerprint density at radius 2 is 0.971 bits per heavy atom. The number of rotatable bonds is 12. The fraction of sp³-hybridized carbons (Fsp3) is 0.280. The van der Waals surface area contributed by atoms with Crippen molar-refractivity contribution in [2.45, 2.75) is 20.3 Å². The molecule has 10 heteroatoms. The normalized spacial score (nSPS) is 10.5. The molecule has 0 saturated heterocycles. The molecule has 188 valence electrons. The van der Waals surface area contributed by atoms with Crippen molar-refractivity contribution in [2.24, 2.45) is 0 Å². The third kappa shape index (κ3) is 9.40. The number of ether oxygens (including phenoxy) is 4. The first-order chi connectivity index (χ1) is 16.5. The minimum absolute atomic E-state index is 0.124. The van der Waals surface area contributed by atoms with E-state index in [1.54, 1.807) is 13.8 Å². The largest absolute Gasteiger partial charge is 0.488 e. The van der Waals surface area contributed by atoms with E-state index in [4.69, 9.17) is 18.9 Å². The van der Waals surface area contributed by atoms with E-state index in [-0.39, 0.29) is 26.4 Å². The van der Waals surface area contributed by atoms with Gasteiger partial charge in [0.1, 0.15) is 37.9 Å². The Labute approximate surface area is 238 Å². The molecule has 0 N–H and O–H groups in total. The van der Waals surface area contributed by atoms with E-state index in [2.05, 4.69) is 76.9 Å². The summed E-state index contributed by atoms with van der Waals surface area (Å²) in [7, 11) is 0. The summed E-state index contributed by atoms with van der Waals surface area (Å²) in [6.45, 7) is 11.0. The highest BCUT2D eigenvalue weighted by atomic mass is 79.9. The van der Waals surface area contributed by atoms with Gasteiger partial charge in [0.05, 0.1) is 17.9 Å². The molecule has 2 aromatic rings. The Kier molecular flexibility index (Phi) is 12.0. The first-order valence-electron chi connectivity index (χ1n) is 10.4. The molecule has 0 aromatic heterocycles. The maximum Gasteiger partial charge on any atom is 0.333 e. The van der Waals surface area contributed by atoms with E-state index in [1.165, 1.54) is 0 Å². The first-order valence-corrected chi connectivity index (χ1v) is 13.5. The number of benzene rings is 2. The van der Waals surface area contributed by atoms with Crippen molar-refractivity contribution in [2.75, 3.05) is 26.4 Å². The fourth-order valence-corrected chi connectivity index (χ4v) is 5.76. The van der Waals surface area contributed by atoms with Crippen LogP contribution < -0.4 is 9.47 Å². The lowest BCUT2D eigenvalue weighted by atomic mass is 10.0. The van der Waals surface area contributed by atoms with Crippen LogP contribution >= 0.6 is 63.7 Å². The Morgan fingerprint density at radius 1 is 0.657 bits per heavy atom. The highest BCUT2D eigenvalue weighted by molar-refractivity contribution is 9.11. The van der Waals surface area contributed by atoms with Crippen molar-refractivity contribution < 1.29 is 28.5 Å². The van der Waals surface area contributed by atoms with Crippen LogP contribution in [0.2, 0.25) is 0 Å². The number of halogens is 4. The molecule has 0 amide bonds. The molecule has 0 fully saturated rings. The van der Waals surface area contributed by atoms with Crippen molar-refractivity contribution in [3.05, 3.63) is 77.6 Å². The van der Waals surface area contributed by atoms with Crippen LogP contribution in [-0.4, -0.2) is 38.4 Å². The van der Waals surface area contributed by atoms with Crippen molar-refractivity contribution in [1.82, 2.24) is 0 Å². The summed E-state index contributed by atoms with van der Waals surface area (Å²) in [6, 6.07) is 7.90. The van der Waals surface area contributed by atoms with Crippen LogP contribution in [0.5, 0.6) is 11.5 Å². The quantitative estimate of drug-likeness (QED) is 0.129. The summed E-state index contributed by atoms with van der Waals surface area (Å²) in [5.41, 5.74) is 2.78. The molecule has 0 unspecified atom stereocenters. The predicted octanol–water partition coefficient (Wildman–Crippen LogP) is 7.32. The zero-order valence-electron chi connectivity index (χ0n) is 19.2. The molecule has 0 aliphatic rings. The minimum Gasteiger partial charge on any atom is -0.488 e. The van der Waals surface area contributed by atoms with Gasteiger partial charge in [0.2, 0.25) is 0 Å². The molecule has 2 aromatic carbocycles. The van der Waals surface area contributed by atoms with Gasteiger partial charge in [-0.1, -0.05) is 13.2 Å². The van der Waals surface area contributed by atoms with Gasteiger partial charge in [-0.25, -0.2) is 9.59 Å².